The third-order valence-electron chi connectivity index (χ3n) is 3.70. The van der Waals surface area contributed by atoms with Crippen molar-refractivity contribution in [2.45, 2.75) is 12.8 Å². The predicted molar refractivity (Wildman–Crippen MR) is 121 cm³/mol. The van der Waals surface area contributed by atoms with E-state index in [-0.39, 0.29) is 7.97 Å². The highest BCUT2D eigenvalue weighted by Crippen LogP contribution is 2.64. The summed E-state index contributed by atoms with van der Waals surface area (Å²) in [4.78, 5) is 0. The van der Waals surface area contributed by atoms with Crippen LogP contribution in [0.25, 0.3) is 5.57 Å². The zero-order chi connectivity index (χ0) is 18.1. The first-order chi connectivity index (χ1) is 11.9. The molecule has 0 heterocycles. The van der Waals surface area contributed by atoms with Crippen molar-refractivity contribution in [3.05, 3.63) is 63.1 Å². The third kappa shape index (κ3) is 4.62. The first-order valence-corrected chi connectivity index (χ1v) is 16.1. The molecule has 0 spiro atoms. The summed E-state index contributed by atoms with van der Waals surface area (Å²) in [7, 11) is 0. The Morgan fingerprint density at radius 2 is 1.80 bits per heavy atom. The smallest absolute Gasteiger partial charge is 0.138 e. The monoisotopic (exact) mass is 668 g/mol. The van der Waals surface area contributed by atoms with Gasteiger partial charge in [0, 0.05) is 22.2 Å². The fourth-order valence-corrected chi connectivity index (χ4v) is 5.46. The largest absolute Gasteiger partial charge is 0.508 e. The summed E-state index contributed by atoms with van der Waals surface area (Å²) in [5.74, 6) is -1.27. The molecule has 0 radical (unpaired) electrons. The van der Waals surface area contributed by atoms with E-state index in [2.05, 4.69) is 60.0 Å². The highest BCUT2D eigenvalue weighted by molar-refractivity contribution is 14.3. The van der Waals surface area contributed by atoms with Crippen LogP contribution in [0.4, 0.5) is 8.78 Å². The molecule has 0 atom stereocenters. The molecule has 0 fully saturated rings. The first-order valence-electron chi connectivity index (χ1n) is 7.03. The number of phenols is 1. The Kier molecular flexibility index (Phi) is 6.90. The van der Waals surface area contributed by atoms with Crippen LogP contribution in [0.2, 0.25) is 0 Å². The molecule has 0 saturated carbocycles. The molecular formula is C16H10BrF2I2O2PS. The SMILES string of the molecule is Oc1cc(F)c(C2=C(Br)CCc3cc(OSP(I)I)ccc32)c(F)c1. The van der Waals surface area contributed by atoms with Crippen LogP contribution >= 0.6 is 74.1 Å². The van der Waals surface area contributed by atoms with Crippen molar-refractivity contribution in [3.63, 3.8) is 0 Å². The fraction of sp³-hybridized carbons (Fsp3) is 0.125. The number of hydrogen-bond donors (Lipinski definition) is 1. The number of halogens is 5. The van der Waals surface area contributed by atoms with Gasteiger partial charge in [-0.05, 0) is 80.2 Å². The van der Waals surface area contributed by atoms with Crippen molar-refractivity contribution in [2.75, 3.05) is 0 Å². The summed E-state index contributed by atoms with van der Waals surface area (Å²) >= 11 is 9.49. The number of aryl methyl sites for hydroxylation is 1. The van der Waals surface area contributed by atoms with Gasteiger partial charge in [-0.2, -0.15) is 0 Å². The van der Waals surface area contributed by atoms with E-state index in [9.17, 15) is 13.9 Å². The lowest BCUT2D eigenvalue weighted by Gasteiger charge is -2.22. The average molecular weight is 669 g/mol. The minimum Gasteiger partial charge on any atom is -0.508 e. The van der Waals surface area contributed by atoms with E-state index in [1.54, 1.807) is 6.07 Å². The minimum atomic E-state index is -0.784. The molecule has 0 bridgehead atoms. The summed E-state index contributed by atoms with van der Waals surface area (Å²) in [6, 6.07) is 7.41. The van der Waals surface area contributed by atoms with Crippen LogP contribution in [0.1, 0.15) is 23.1 Å². The number of hydrogen-bond acceptors (Lipinski definition) is 3. The van der Waals surface area contributed by atoms with E-state index >= 15 is 0 Å². The molecule has 1 N–H and O–H groups in total. The van der Waals surface area contributed by atoms with E-state index in [1.165, 1.54) is 11.7 Å². The maximum atomic E-state index is 14.4. The van der Waals surface area contributed by atoms with E-state index in [4.69, 9.17) is 4.18 Å². The molecule has 2 aromatic rings. The Labute approximate surface area is 183 Å². The van der Waals surface area contributed by atoms with E-state index in [0.717, 1.165) is 39.9 Å². The number of allylic oxidation sites excluding steroid dienone is 1. The number of phenolic OH excluding ortho intramolecular Hbond substituents is 1. The Bertz CT molecular complexity index is 841. The van der Waals surface area contributed by atoms with Gasteiger partial charge in [0.2, 0.25) is 0 Å². The summed E-state index contributed by atoms with van der Waals surface area (Å²) in [5, 5.41) is 9.39. The summed E-state index contributed by atoms with van der Waals surface area (Å²) < 4.78 is 34.9. The Balaban J connectivity index is 2.06. The second-order valence-corrected chi connectivity index (χ2v) is 23.7. The van der Waals surface area contributed by atoms with Crippen LogP contribution in [0.5, 0.6) is 11.5 Å². The highest BCUT2D eigenvalue weighted by atomic mass is 127. The first kappa shape index (κ1) is 20.1. The van der Waals surface area contributed by atoms with Crippen LogP contribution in [0.3, 0.4) is 0 Å². The fourth-order valence-electron chi connectivity index (χ4n) is 2.73. The molecule has 9 heteroatoms. The maximum absolute atomic E-state index is 14.4. The van der Waals surface area contributed by atoms with Crippen LogP contribution in [0, 0.1) is 11.6 Å². The average Bonchev–Trinajstić information content (AvgIpc) is 2.54. The molecule has 0 aliphatic heterocycles. The van der Waals surface area contributed by atoms with Gasteiger partial charge in [-0.1, -0.05) is 22.0 Å². The lowest BCUT2D eigenvalue weighted by Crippen LogP contribution is -2.07. The molecule has 1 aliphatic carbocycles. The van der Waals surface area contributed by atoms with Crippen LogP contribution < -0.4 is 4.18 Å². The molecule has 0 saturated heterocycles. The second-order valence-electron chi connectivity index (χ2n) is 5.24. The van der Waals surface area contributed by atoms with Crippen molar-refractivity contribution >= 4 is 79.7 Å². The molecular weight excluding hydrogens is 659 g/mol. The predicted octanol–water partition coefficient (Wildman–Crippen LogP) is 7.89. The van der Waals surface area contributed by atoms with E-state index in [0.29, 0.717) is 12.0 Å². The quantitative estimate of drug-likeness (QED) is 0.204. The van der Waals surface area contributed by atoms with Gasteiger partial charge in [-0.15, -0.1) is 0 Å². The third-order valence-corrected chi connectivity index (χ3v) is 8.33. The summed E-state index contributed by atoms with van der Waals surface area (Å²) in [6.45, 7) is 0. The molecule has 132 valence electrons. The van der Waals surface area contributed by atoms with E-state index in [1.807, 2.05) is 12.1 Å². The Hall–Kier alpha value is 0.360. The molecule has 2 nitrogen and oxygen atoms in total. The van der Waals surface area contributed by atoms with Crippen LogP contribution in [-0.2, 0) is 6.42 Å². The number of rotatable bonds is 4. The van der Waals surface area contributed by atoms with Crippen LogP contribution in [-0.4, -0.2) is 5.11 Å². The van der Waals surface area contributed by atoms with Gasteiger partial charge in [-0.25, -0.2) is 8.78 Å². The molecule has 1 aliphatic rings. The molecule has 2 aromatic carbocycles. The van der Waals surface area contributed by atoms with Crippen molar-refractivity contribution in [2.24, 2.45) is 0 Å². The van der Waals surface area contributed by atoms with Crippen molar-refractivity contribution < 1.29 is 18.1 Å². The Morgan fingerprint density at radius 1 is 1.12 bits per heavy atom. The highest BCUT2D eigenvalue weighted by Gasteiger charge is 2.25. The van der Waals surface area contributed by atoms with Crippen molar-refractivity contribution in [1.82, 2.24) is 0 Å². The lowest BCUT2D eigenvalue weighted by atomic mass is 9.86. The number of aromatic hydroxyl groups is 1. The second kappa shape index (κ2) is 8.58. The zero-order valence-corrected chi connectivity index (χ0v) is 20.0. The zero-order valence-electron chi connectivity index (χ0n) is 12.4. The maximum Gasteiger partial charge on any atom is 0.138 e. The molecule has 25 heavy (non-hydrogen) atoms. The normalized spacial score (nSPS) is 14.0. The molecule has 0 amide bonds. The van der Waals surface area contributed by atoms with Gasteiger partial charge >= 0.3 is 0 Å². The summed E-state index contributed by atoms with van der Waals surface area (Å²) in [6.07, 6.45) is 1.40. The van der Waals surface area contributed by atoms with Gasteiger partial charge in [0.25, 0.3) is 0 Å². The van der Waals surface area contributed by atoms with E-state index < -0.39 is 17.4 Å². The number of fused-ring (bicyclic) bond motifs is 1. The standard InChI is InChI=1S/C16H10BrF2I2O2PS/c17-12-4-1-8-5-10(23-25-24(20)21)2-3-11(8)15(12)16-13(18)6-9(22)7-14(16)19/h2-3,5-7,22H,1,4H2. The van der Waals surface area contributed by atoms with Crippen LogP contribution in [0.15, 0.2) is 34.8 Å². The van der Waals surface area contributed by atoms with Crippen molar-refractivity contribution in [3.8, 4) is 11.5 Å². The molecule has 0 aromatic heterocycles. The van der Waals surface area contributed by atoms with Gasteiger partial charge in [0.1, 0.15) is 37.2 Å². The van der Waals surface area contributed by atoms with Gasteiger partial charge < -0.3 is 9.29 Å². The van der Waals surface area contributed by atoms with Gasteiger partial charge in [0.15, 0.2) is 0 Å². The van der Waals surface area contributed by atoms with Gasteiger partial charge in [-0.3, -0.25) is 0 Å². The lowest BCUT2D eigenvalue weighted by molar-refractivity contribution is 0.459. The van der Waals surface area contributed by atoms with Crippen molar-refractivity contribution in [1.29, 1.82) is 0 Å². The molecule has 0 unspecified atom stereocenters. The minimum absolute atomic E-state index is 0.128. The topological polar surface area (TPSA) is 29.5 Å². The van der Waals surface area contributed by atoms with Gasteiger partial charge in [0.05, 0.1) is 5.56 Å². The summed E-state index contributed by atoms with van der Waals surface area (Å²) in [5.41, 5.74) is 2.11. The number of benzene rings is 2. The Morgan fingerprint density at radius 3 is 2.44 bits per heavy atom. The molecule has 3 rings (SSSR count).